The van der Waals surface area contributed by atoms with Crippen molar-refractivity contribution in [3.05, 3.63) is 29.8 Å². The van der Waals surface area contributed by atoms with Crippen molar-refractivity contribution in [3.63, 3.8) is 0 Å². The Bertz CT molecular complexity index is 845. The van der Waals surface area contributed by atoms with Crippen molar-refractivity contribution in [1.29, 1.82) is 0 Å². The summed E-state index contributed by atoms with van der Waals surface area (Å²) in [5.41, 5.74) is 0.944. The number of rotatable bonds is 7. The van der Waals surface area contributed by atoms with Crippen molar-refractivity contribution in [3.8, 4) is 0 Å². The first-order valence-electron chi connectivity index (χ1n) is 9.53. The molecular formula is C19H25NO8S. The lowest BCUT2D eigenvalue weighted by Gasteiger charge is -2.33. The Kier molecular flexibility index (Phi) is 5.43. The molecule has 160 valence electrons. The molecule has 0 unspecified atom stereocenters. The lowest BCUT2D eigenvalue weighted by atomic mass is 10.1. The lowest BCUT2D eigenvalue weighted by Crippen LogP contribution is -2.53. The number of hydrogen-bond acceptors (Lipinski definition) is 8. The molecule has 0 aliphatic carbocycles. The van der Waals surface area contributed by atoms with Gasteiger partial charge in [-0.25, -0.2) is 0 Å². The smallest absolute Gasteiger partial charge is 0.297 e. The van der Waals surface area contributed by atoms with E-state index in [1.54, 1.807) is 26.0 Å². The minimum atomic E-state index is -3.96. The second-order valence-corrected chi connectivity index (χ2v) is 9.55. The molecule has 3 saturated heterocycles. The molecule has 9 nitrogen and oxygen atoms in total. The van der Waals surface area contributed by atoms with Gasteiger partial charge < -0.3 is 24.3 Å². The zero-order valence-electron chi connectivity index (χ0n) is 16.5. The molecule has 0 radical (unpaired) electrons. The van der Waals surface area contributed by atoms with Crippen LogP contribution in [0.4, 0.5) is 0 Å². The summed E-state index contributed by atoms with van der Waals surface area (Å²) in [6, 6.07) is 6.39. The number of fused-ring (bicyclic) bond motifs is 1. The highest BCUT2D eigenvalue weighted by molar-refractivity contribution is 7.86. The van der Waals surface area contributed by atoms with Crippen LogP contribution in [0.5, 0.6) is 0 Å². The minimum Gasteiger partial charge on any atom is -0.350 e. The molecule has 0 bridgehead atoms. The van der Waals surface area contributed by atoms with Crippen molar-refractivity contribution in [1.82, 2.24) is 5.32 Å². The van der Waals surface area contributed by atoms with Crippen molar-refractivity contribution in [2.45, 2.75) is 75.1 Å². The number of hydrogen-bond donors (Lipinski definition) is 1. The van der Waals surface area contributed by atoms with Crippen molar-refractivity contribution in [2.75, 3.05) is 6.61 Å². The molecule has 3 aliphatic rings. The predicted molar refractivity (Wildman–Crippen MR) is 99.1 cm³/mol. The van der Waals surface area contributed by atoms with Gasteiger partial charge in [0, 0.05) is 6.42 Å². The molecule has 3 aliphatic heterocycles. The topological polar surface area (TPSA) is 109 Å². The number of benzene rings is 1. The normalized spacial score (nSPS) is 31.8. The average molecular weight is 427 g/mol. The first-order valence-corrected chi connectivity index (χ1v) is 10.9. The van der Waals surface area contributed by atoms with E-state index >= 15 is 0 Å². The van der Waals surface area contributed by atoms with Crippen molar-refractivity contribution < 1.29 is 36.3 Å². The molecule has 29 heavy (non-hydrogen) atoms. The van der Waals surface area contributed by atoms with Crippen LogP contribution in [0.15, 0.2) is 29.2 Å². The summed E-state index contributed by atoms with van der Waals surface area (Å²) in [5, 5.41) is 2.61. The van der Waals surface area contributed by atoms with Crippen LogP contribution in [0.1, 0.15) is 32.3 Å². The second kappa shape index (κ2) is 7.60. The Balaban J connectivity index is 1.42. The third kappa shape index (κ3) is 4.62. The fraction of sp³-hybridized carbons (Fsp3) is 0.632. The predicted octanol–water partition coefficient (Wildman–Crippen LogP) is 1.20. The van der Waals surface area contributed by atoms with Gasteiger partial charge in [0.1, 0.15) is 18.4 Å². The van der Waals surface area contributed by atoms with E-state index in [-0.39, 0.29) is 29.9 Å². The van der Waals surface area contributed by atoms with Gasteiger partial charge >= 0.3 is 0 Å². The Morgan fingerprint density at radius 2 is 1.93 bits per heavy atom. The molecule has 3 fully saturated rings. The number of carbonyl (C=O) groups excluding carboxylic acids is 1. The molecule has 1 amide bonds. The Morgan fingerprint density at radius 3 is 2.55 bits per heavy atom. The number of carbonyl (C=O) groups is 1. The van der Waals surface area contributed by atoms with E-state index < -0.39 is 40.6 Å². The fourth-order valence-electron chi connectivity index (χ4n) is 3.56. The maximum Gasteiger partial charge on any atom is 0.297 e. The van der Waals surface area contributed by atoms with Gasteiger partial charge in [0.2, 0.25) is 5.91 Å². The molecular weight excluding hydrogens is 402 g/mol. The van der Waals surface area contributed by atoms with E-state index in [1.165, 1.54) is 12.1 Å². The zero-order chi connectivity index (χ0) is 20.8. The van der Waals surface area contributed by atoms with Crippen LogP contribution in [-0.2, 0) is 38.0 Å². The molecule has 1 aromatic carbocycles. The number of β-lactam (4-membered cyclic amide) rings is 1. The van der Waals surface area contributed by atoms with E-state index in [9.17, 15) is 13.2 Å². The molecule has 1 aromatic rings. The van der Waals surface area contributed by atoms with Crippen LogP contribution in [0.25, 0.3) is 0 Å². The van der Waals surface area contributed by atoms with E-state index in [0.29, 0.717) is 6.42 Å². The van der Waals surface area contributed by atoms with Crippen LogP contribution in [0.2, 0.25) is 0 Å². The summed E-state index contributed by atoms with van der Waals surface area (Å²) in [7, 11) is -3.96. The molecule has 0 aromatic heterocycles. The zero-order valence-corrected chi connectivity index (χ0v) is 17.3. The molecule has 0 spiro atoms. The molecule has 1 N–H and O–H groups in total. The van der Waals surface area contributed by atoms with Crippen molar-refractivity contribution in [2.24, 2.45) is 0 Å². The maximum atomic E-state index is 12.5. The van der Waals surface area contributed by atoms with Gasteiger partial charge in [-0.3, -0.25) is 8.98 Å². The van der Waals surface area contributed by atoms with Gasteiger partial charge in [0.25, 0.3) is 10.1 Å². The van der Waals surface area contributed by atoms with Gasteiger partial charge in [-0.2, -0.15) is 8.42 Å². The van der Waals surface area contributed by atoms with Gasteiger partial charge in [-0.1, -0.05) is 17.7 Å². The summed E-state index contributed by atoms with van der Waals surface area (Å²) >= 11 is 0. The van der Waals surface area contributed by atoms with Crippen LogP contribution in [0, 0.1) is 6.92 Å². The van der Waals surface area contributed by atoms with Crippen LogP contribution >= 0.6 is 0 Å². The highest BCUT2D eigenvalue weighted by atomic mass is 32.2. The Morgan fingerprint density at radius 1 is 1.24 bits per heavy atom. The Labute approximate surface area is 169 Å². The van der Waals surface area contributed by atoms with Crippen LogP contribution in [-0.4, -0.2) is 57.5 Å². The maximum absolute atomic E-state index is 12.5. The average Bonchev–Trinajstić information content (AvgIpc) is 3.10. The number of nitrogens with one attached hydrogen (secondary N) is 1. The first kappa shape index (κ1) is 20.7. The van der Waals surface area contributed by atoms with Gasteiger partial charge in [-0.15, -0.1) is 0 Å². The van der Waals surface area contributed by atoms with Gasteiger partial charge in [0.05, 0.1) is 24.0 Å². The molecule has 4 rings (SSSR count). The van der Waals surface area contributed by atoms with Gasteiger partial charge in [-0.05, 0) is 32.9 Å². The largest absolute Gasteiger partial charge is 0.350 e. The van der Waals surface area contributed by atoms with E-state index in [2.05, 4.69) is 5.32 Å². The highest BCUT2D eigenvalue weighted by Gasteiger charge is 2.51. The minimum absolute atomic E-state index is 0.0661. The summed E-state index contributed by atoms with van der Waals surface area (Å²) in [6.07, 6.45) is -1.86. The highest BCUT2D eigenvalue weighted by Crippen LogP contribution is 2.38. The number of aryl methyl sites for hydroxylation is 1. The summed E-state index contributed by atoms with van der Waals surface area (Å²) in [4.78, 5) is 11.2. The van der Waals surface area contributed by atoms with Crippen LogP contribution < -0.4 is 5.32 Å². The van der Waals surface area contributed by atoms with Crippen molar-refractivity contribution >= 4 is 16.0 Å². The van der Waals surface area contributed by atoms with Gasteiger partial charge in [0.15, 0.2) is 12.1 Å². The van der Waals surface area contributed by atoms with Crippen LogP contribution in [0.3, 0.4) is 0 Å². The second-order valence-electron chi connectivity index (χ2n) is 7.94. The third-order valence-corrected chi connectivity index (χ3v) is 6.35. The third-order valence-electron chi connectivity index (χ3n) is 5.06. The van der Waals surface area contributed by atoms with E-state index in [4.69, 9.17) is 23.1 Å². The number of ether oxygens (including phenoxy) is 4. The summed E-state index contributed by atoms with van der Waals surface area (Å²) < 4.78 is 53.6. The molecule has 0 saturated carbocycles. The monoisotopic (exact) mass is 427 g/mol. The standard InChI is InChI=1S/C19H25NO8S/c1-11-4-6-12(7-5-11)29(22,23)24-10-15(25-17-9-16(21)20-17)13-8-14-18(26-13)28-19(2,3)27-14/h4-7,13-15,17-18H,8-10H2,1-3H3,(H,20,21)/t13-,14+,15+,17-,18+/m0/s1. The first-order chi connectivity index (χ1) is 13.6. The summed E-state index contributed by atoms with van der Waals surface area (Å²) in [5.74, 6) is -0.858. The quantitative estimate of drug-likeness (QED) is 0.511. The molecule has 10 heteroatoms. The fourth-order valence-corrected chi connectivity index (χ4v) is 4.48. The molecule has 3 heterocycles. The molecule has 5 atom stereocenters. The summed E-state index contributed by atoms with van der Waals surface area (Å²) in [6.45, 7) is 5.22. The number of amides is 1. The Hall–Kier alpha value is -1.56. The lowest BCUT2D eigenvalue weighted by molar-refractivity contribution is -0.225. The van der Waals surface area contributed by atoms with E-state index in [1.807, 2.05) is 6.92 Å². The van der Waals surface area contributed by atoms with E-state index in [0.717, 1.165) is 5.56 Å². The SMILES string of the molecule is Cc1ccc(S(=O)(=O)OC[C@@H](O[C@H]2CC(=O)N2)[C@@H]2C[C@H]3OC(C)(C)O[C@H]3O2)cc1.